The van der Waals surface area contributed by atoms with E-state index in [1.54, 1.807) is 12.1 Å². The van der Waals surface area contributed by atoms with Gasteiger partial charge in [-0.3, -0.25) is 0 Å². The maximum absolute atomic E-state index is 10.9. The number of methoxy groups -OCH3 is 1. The Bertz CT molecular complexity index is 1030. The highest BCUT2D eigenvalue weighted by Gasteiger charge is 2.55. The summed E-state index contributed by atoms with van der Waals surface area (Å²) in [5, 5.41) is 51.1. The Morgan fingerprint density at radius 3 is 2.39 bits per heavy atom. The van der Waals surface area contributed by atoms with Crippen molar-refractivity contribution in [2.45, 2.75) is 60.3 Å². The number of benzene rings is 2. The molecule has 0 aromatic heterocycles. The first-order valence-electron chi connectivity index (χ1n) is 11.0. The minimum atomic E-state index is -1.82. The van der Waals surface area contributed by atoms with Crippen LogP contribution in [0.3, 0.4) is 0 Å². The van der Waals surface area contributed by atoms with E-state index in [9.17, 15) is 25.7 Å². The molecule has 8 heteroatoms. The summed E-state index contributed by atoms with van der Waals surface area (Å²) in [6.45, 7) is -0.568. The molecule has 1 heterocycles. The van der Waals surface area contributed by atoms with Crippen molar-refractivity contribution in [3.63, 3.8) is 0 Å². The molecule has 0 amide bonds. The summed E-state index contributed by atoms with van der Waals surface area (Å²) in [7, 11) is 1.33. The van der Waals surface area contributed by atoms with E-state index in [1.165, 1.54) is 37.3 Å². The zero-order valence-corrected chi connectivity index (χ0v) is 19.5. The number of ether oxygens (including phenoxy) is 2. The van der Waals surface area contributed by atoms with Crippen LogP contribution in [-0.4, -0.2) is 64.8 Å². The highest BCUT2D eigenvalue weighted by atomic mass is 32.2. The van der Waals surface area contributed by atoms with E-state index < -0.39 is 36.8 Å². The second-order valence-corrected chi connectivity index (χ2v) is 9.50. The van der Waals surface area contributed by atoms with Crippen molar-refractivity contribution in [1.29, 1.82) is 5.26 Å². The van der Waals surface area contributed by atoms with Gasteiger partial charge in [-0.25, -0.2) is 0 Å². The monoisotopic (exact) mass is 471 g/mol. The summed E-state index contributed by atoms with van der Waals surface area (Å²) in [6, 6.07) is 14.1. The van der Waals surface area contributed by atoms with E-state index >= 15 is 0 Å². The Balaban J connectivity index is 1.77. The number of aliphatic hydroxyl groups is 4. The standard InChI is InChI=1S/C25H29NO6S/c1-31-25(24(30)23(29)22(28)20(13-27)32-25)18-10-17(19(12-26)21(11-18)33-2)9-14-3-5-15(6-4-14)16-7-8-16/h3-6,10-11,16,20,22-24,27-30H,7-9,13H2,1-2H3/t20-,22-,23+,24-,25+/m1/s1. The third-order valence-electron chi connectivity index (χ3n) is 6.59. The van der Waals surface area contributed by atoms with Gasteiger partial charge in [0.1, 0.15) is 30.5 Å². The SMILES string of the molecule is CO[C@@]1(c2cc(Cc3ccc(C4CC4)cc3)c(C#N)c(SC)c2)O[C@H](CO)[C@@H](O)[C@H](O)[C@H]1O. The Kier molecular flexibility index (Phi) is 7.12. The summed E-state index contributed by atoms with van der Waals surface area (Å²) in [5.74, 6) is -1.16. The molecule has 5 atom stereocenters. The number of hydrogen-bond acceptors (Lipinski definition) is 8. The first-order valence-corrected chi connectivity index (χ1v) is 12.2. The topological polar surface area (TPSA) is 123 Å². The highest BCUT2D eigenvalue weighted by molar-refractivity contribution is 7.98. The number of thioether (sulfide) groups is 1. The molecule has 1 aliphatic carbocycles. The number of nitriles is 1. The Hall–Kier alpha value is -1.96. The summed E-state index contributed by atoms with van der Waals surface area (Å²) >= 11 is 1.38. The normalized spacial score (nSPS) is 29.6. The van der Waals surface area contributed by atoms with Crippen LogP contribution in [0.15, 0.2) is 41.3 Å². The number of hydrogen-bond donors (Lipinski definition) is 4. The van der Waals surface area contributed by atoms with Gasteiger partial charge in [-0.05, 0) is 60.3 Å². The zero-order valence-electron chi connectivity index (χ0n) is 18.6. The maximum Gasteiger partial charge on any atom is 0.224 e. The molecule has 2 aromatic rings. The van der Waals surface area contributed by atoms with Crippen LogP contribution in [0.5, 0.6) is 0 Å². The second-order valence-electron chi connectivity index (χ2n) is 8.65. The van der Waals surface area contributed by atoms with E-state index in [2.05, 4.69) is 30.3 Å². The van der Waals surface area contributed by atoms with Crippen molar-refractivity contribution in [3.8, 4) is 6.07 Å². The average Bonchev–Trinajstić information content (AvgIpc) is 3.69. The molecule has 4 rings (SSSR count). The fourth-order valence-corrected chi connectivity index (χ4v) is 5.14. The minimum Gasteiger partial charge on any atom is -0.394 e. The van der Waals surface area contributed by atoms with Crippen molar-refractivity contribution < 1.29 is 29.9 Å². The second kappa shape index (κ2) is 9.72. The van der Waals surface area contributed by atoms with Gasteiger partial charge >= 0.3 is 0 Å². The van der Waals surface area contributed by atoms with Crippen LogP contribution < -0.4 is 0 Å². The van der Waals surface area contributed by atoms with Gasteiger partial charge in [-0.15, -0.1) is 11.8 Å². The minimum absolute atomic E-state index is 0.398. The first-order chi connectivity index (χ1) is 15.9. The fourth-order valence-electron chi connectivity index (χ4n) is 4.51. The molecule has 4 N–H and O–H groups in total. The van der Waals surface area contributed by atoms with Gasteiger partial charge in [0.25, 0.3) is 0 Å². The third-order valence-corrected chi connectivity index (χ3v) is 7.36. The summed E-state index contributed by atoms with van der Waals surface area (Å²) in [4.78, 5) is 0.674. The van der Waals surface area contributed by atoms with Crippen molar-refractivity contribution in [3.05, 3.63) is 64.2 Å². The van der Waals surface area contributed by atoms with Crippen molar-refractivity contribution >= 4 is 11.8 Å². The average molecular weight is 472 g/mol. The molecular formula is C25H29NO6S. The van der Waals surface area contributed by atoms with Gasteiger partial charge in [0.15, 0.2) is 0 Å². The highest BCUT2D eigenvalue weighted by Crippen LogP contribution is 2.42. The summed E-state index contributed by atoms with van der Waals surface area (Å²) in [5.41, 5.74) is 4.02. The van der Waals surface area contributed by atoms with Gasteiger partial charge in [0.05, 0.1) is 12.2 Å². The first kappa shape index (κ1) is 24.2. The lowest BCUT2D eigenvalue weighted by Crippen LogP contribution is -2.64. The van der Waals surface area contributed by atoms with Crippen molar-refractivity contribution in [2.75, 3.05) is 20.0 Å². The van der Waals surface area contributed by atoms with Crippen LogP contribution in [0.4, 0.5) is 0 Å². The largest absolute Gasteiger partial charge is 0.394 e. The van der Waals surface area contributed by atoms with Crippen LogP contribution in [0, 0.1) is 11.3 Å². The molecule has 0 spiro atoms. The Morgan fingerprint density at radius 1 is 1.15 bits per heavy atom. The molecule has 33 heavy (non-hydrogen) atoms. The smallest absolute Gasteiger partial charge is 0.224 e. The molecule has 2 aliphatic rings. The third kappa shape index (κ3) is 4.43. The molecule has 2 fully saturated rings. The fraction of sp³-hybridized carbons (Fsp3) is 0.480. The van der Waals surface area contributed by atoms with Gasteiger partial charge < -0.3 is 29.9 Å². The zero-order chi connectivity index (χ0) is 23.8. The van der Waals surface area contributed by atoms with Crippen LogP contribution >= 0.6 is 11.8 Å². The van der Waals surface area contributed by atoms with E-state index in [0.717, 1.165) is 11.1 Å². The molecular weight excluding hydrogens is 442 g/mol. The molecule has 1 saturated heterocycles. The molecule has 176 valence electrons. The van der Waals surface area contributed by atoms with E-state index in [1.807, 2.05) is 6.26 Å². The van der Waals surface area contributed by atoms with Crippen molar-refractivity contribution in [1.82, 2.24) is 0 Å². The molecule has 0 unspecified atom stereocenters. The van der Waals surface area contributed by atoms with Crippen LogP contribution in [0.1, 0.15) is 46.6 Å². The molecule has 1 aliphatic heterocycles. The van der Waals surface area contributed by atoms with Crippen LogP contribution in [-0.2, 0) is 21.7 Å². The summed E-state index contributed by atoms with van der Waals surface area (Å²) < 4.78 is 11.5. The quantitative estimate of drug-likeness (QED) is 0.453. The Labute approximate surface area is 197 Å². The lowest BCUT2D eigenvalue weighted by molar-refractivity contribution is -0.366. The maximum atomic E-state index is 10.9. The van der Waals surface area contributed by atoms with Gasteiger partial charge in [-0.1, -0.05) is 24.3 Å². The molecule has 0 bridgehead atoms. The van der Waals surface area contributed by atoms with Crippen LogP contribution in [0.25, 0.3) is 0 Å². The predicted octanol–water partition coefficient (Wildman–Crippen LogP) is 2.02. The van der Waals surface area contributed by atoms with Crippen LogP contribution in [0.2, 0.25) is 0 Å². The number of nitrogens with zero attached hydrogens (tertiary/aromatic N) is 1. The number of rotatable bonds is 7. The molecule has 2 aromatic carbocycles. The molecule has 7 nitrogen and oxygen atoms in total. The van der Waals surface area contributed by atoms with Crippen molar-refractivity contribution in [2.24, 2.45) is 0 Å². The molecule has 0 radical (unpaired) electrons. The van der Waals surface area contributed by atoms with Gasteiger partial charge in [-0.2, -0.15) is 5.26 Å². The van der Waals surface area contributed by atoms with Gasteiger partial charge in [0.2, 0.25) is 5.79 Å². The summed E-state index contributed by atoms with van der Waals surface area (Å²) in [6.07, 6.45) is -1.05. The van der Waals surface area contributed by atoms with E-state index in [4.69, 9.17) is 9.47 Å². The van der Waals surface area contributed by atoms with E-state index in [0.29, 0.717) is 28.4 Å². The Morgan fingerprint density at radius 2 is 1.85 bits per heavy atom. The molecule has 1 saturated carbocycles. The lowest BCUT2D eigenvalue weighted by Gasteiger charge is -2.47. The number of aliphatic hydroxyl groups excluding tert-OH is 4. The van der Waals surface area contributed by atoms with Gasteiger partial charge in [0, 0.05) is 17.6 Å². The predicted molar refractivity (Wildman–Crippen MR) is 123 cm³/mol. The van der Waals surface area contributed by atoms with E-state index in [-0.39, 0.29) is 0 Å². The lowest BCUT2D eigenvalue weighted by atomic mass is 9.86.